The molecule has 0 saturated heterocycles. The quantitative estimate of drug-likeness (QED) is 0.487. The molecule has 0 radical (unpaired) electrons. The molecular formula is C8H15NO4. The molecule has 0 bridgehead atoms. The van der Waals surface area contributed by atoms with Gasteiger partial charge in [-0.3, -0.25) is 4.79 Å². The Bertz CT molecular complexity index is 181. The van der Waals surface area contributed by atoms with E-state index in [1.54, 1.807) is 6.92 Å². The van der Waals surface area contributed by atoms with Crippen LogP contribution in [-0.4, -0.2) is 38.2 Å². The van der Waals surface area contributed by atoms with E-state index < -0.39 is 11.9 Å². The van der Waals surface area contributed by atoms with Crippen LogP contribution in [0.2, 0.25) is 0 Å². The molecule has 1 amide bonds. The first-order chi connectivity index (χ1) is 6.11. The zero-order chi connectivity index (χ0) is 10.3. The third kappa shape index (κ3) is 5.19. The number of amides is 1. The first kappa shape index (κ1) is 11.9. The highest BCUT2D eigenvalue weighted by molar-refractivity contribution is 6.32. The van der Waals surface area contributed by atoms with Crippen LogP contribution in [0.5, 0.6) is 0 Å². The van der Waals surface area contributed by atoms with Gasteiger partial charge in [0, 0.05) is 13.2 Å². The summed E-state index contributed by atoms with van der Waals surface area (Å²) in [5.41, 5.74) is 0. The Labute approximate surface area is 77.4 Å². The maximum absolute atomic E-state index is 10.8. The molecule has 0 spiro atoms. The van der Waals surface area contributed by atoms with Crippen LogP contribution in [0.15, 0.2) is 0 Å². The summed E-state index contributed by atoms with van der Waals surface area (Å²) in [7, 11) is 1.16. The number of ether oxygens (including phenoxy) is 2. The maximum Gasteiger partial charge on any atom is 0.396 e. The van der Waals surface area contributed by atoms with Gasteiger partial charge in [-0.2, -0.15) is 0 Å². The standard InChI is InChI=1S/C8H15NO4/c1-4-13-6(2)5-9-7(10)8(11)12-3/h6H,4-5H2,1-3H3,(H,9,10). The first-order valence-electron chi connectivity index (χ1n) is 4.09. The number of carbonyl (C=O) groups excluding carboxylic acids is 2. The zero-order valence-electron chi connectivity index (χ0n) is 8.12. The Morgan fingerprint density at radius 3 is 2.54 bits per heavy atom. The summed E-state index contributed by atoms with van der Waals surface area (Å²) in [6, 6.07) is 0. The van der Waals surface area contributed by atoms with Gasteiger partial charge in [0.2, 0.25) is 0 Å². The van der Waals surface area contributed by atoms with Crippen molar-refractivity contribution in [1.29, 1.82) is 0 Å². The Morgan fingerprint density at radius 1 is 1.46 bits per heavy atom. The van der Waals surface area contributed by atoms with Gasteiger partial charge in [0.25, 0.3) is 0 Å². The Hall–Kier alpha value is -1.10. The lowest BCUT2D eigenvalue weighted by Crippen LogP contribution is -2.37. The van der Waals surface area contributed by atoms with Gasteiger partial charge in [-0.1, -0.05) is 0 Å². The topological polar surface area (TPSA) is 64.6 Å². The molecule has 0 saturated carbocycles. The van der Waals surface area contributed by atoms with Gasteiger partial charge in [-0.05, 0) is 13.8 Å². The van der Waals surface area contributed by atoms with Crippen molar-refractivity contribution in [2.45, 2.75) is 20.0 Å². The fourth-order valence-corrected chi connectivity index (χ4v) is 0.745. The van der Waals surface area contributed by atoms with Gasteiger partial charge in [-0.15, -0.1) is 0 Å². The molecule has 0 rings (SSSR count). The summed E-state index contributed by atoms with van der Waals surface area (Å²) >= 11 is 0. The SMILES string of the molecule is CCOC(C)CNC(=O)C(=O)OC. The van der Waals surface area contributed by atoms with Crippen molar-refractivity contribution in [3.8, 4) is 0 Å². The summed E-state index contributed by atoms with van der Waals surface area (Å²) in [6.45, 7) is 4.55. The predicted octanol–water partition coefficient (Wildman–Crippen LogP) is -0.299. The number of nitrogens with one attached hydrogen (secondary N) is 1. The van der Waals surface area contributed by atoms with Crippen molar-refractivity contribution in [2.75, 3.05) is 20.3 Å². The molecule has 0 heterocycles. The van der Waals surface area contributed by atoms with Crippen LogP contribution in [-0.2, 0) is 19.1 Å². The zero-order valence-corrected chi connectivity index (χ0v) is 8.12. The molecular weight excluding hydrogens is 174 g/mol. The minimum absolute atomic E-state index is 0.0985. The highest BCUT2D eigenvalue weighted by Gasteiger charge is 2.13. The second-order valence-corrected chi connectivity index (χ2v) is 2.47. The molecule has 0 aromatic heterocycles. The van der Waals surface area contributed by atoms with Crippen LogP contribution in [0, 0.1) is 0 Å². The van der Waals surface area contributed by atoms with Crippen LogP contribution >= 0.6 is 0 Å². The second kappa shape index (κ2) is 6.42. The molecule has 0 aromatic carbocycles. The summed E-state index contributed by atoms with van der Waals surface area (Å²) in [4.78, 5) is 21.4. The van der Waals surface area contributed by atoms with E-state index in [1.807, 2.05) is 6.92 Å². The van der Waals surface area contributed by atoms with E-state index in [2.05, 4.69) is 10.1 Å². The Kier molecular flexibility index (Phi) is 5.88. The molecule has 0 aromatic rings. The van der Waals surface area contributed by atoms with Crippen molar-refractivity contribution in [1.82, 2.24) is 5.32 Å². The van der Waals surface area contributed by atoms with Crippen molar-refractivity contribution in [3.05, 3.63) is 0 Å². The van der Waals surface area contributed by atoms with Crippen molar-refractivity contribution in [2.24, 2.45) is 0 Å². The molecule has 1 unspecified atom stereocenters. The minimum Gasteiger partial charge on any atom is -0.462 e. The predicted molar refractivity (Wildman–Crippen MR) is 46.1 cm³/mol. The molecule has 1 atom stereocenters. The van der Waals surface area contributed by atoms with Gasteiger partial charge >= 0.3 is 11.9 Å². The van der Waals surface area contributed by atoms with E-state index >= 15 is 0 Å². The summed E-state index contributed by atoms with van der Waals surface area (Å²) in [5.74, 6) is -1.63. The molecule has 0 aliphatic rings. The van der Waals surface area contributed by atoms with E-state index in [9.17, 15) is 9.59 Å². The van der Waals surface area contributed by atoms with Gasteiger partial charge in [0.1, 0.15) is 0 Å². The number of methoxy groups -OCH3 is 1. The molecule has 5 nitrogen and oxygen atoms in total. The number of esters is 1. The van der Waals surface area contributed by atoms with E-state index in [0.717, 1.165) is 7.11 Å². The summed E-state index contributed by atoms with van der Waals surface area (Å²) < 4.78 is 9.35. The van der Waals surface area contributed by atoms with Crippen LogP contribution in [0.25, 0.3) is 0 Å². The van der Waals surface area contributed by atoms with Gasteiger partial charge in [-0.25, -0.2) is 4.79 Å². The molecule has 0 fully saturated rings. The number of hydrogen-bond acceptors (Lipinski definition) is 4. The van der Waals surface area contributed by atoms with Crippen molar-refractivity contribution < 1.29 is 19.1 Å². The number of hydrogen-bond donors (Lipinski definition) is 1. The van der Waals surface area contributed by atoms with Crippen LogP contribution in [0.1, 0.15) is 13.8 Å². The normalized spacial score (nSPS) is 11.9. The lowest BCUT2D eigenvalue weighted by molar-refractivity contribution is -0.152. The second-order valence-electron chi connectivity index (χ2n) is 2.47. The van der Waals surface area contributed by atoms with Gasteiger partial charge in [0.15, 0.2) is 0 Å². The first-order valence-corrected chi connectivity index (χ1v) is 4.09. The minimum atomic E-state index is -0.885. The molecule has 76 valence electrons. The monoisotopic (exact) mass is 189 g/mol. The molecule has 1 N–H and O–H groups in total. The van der Waals surface area contributed by atoms with Crippen LogP contribution in [0.3, 0.4) is 0 Å². The van der Waals surface area contributed by atoms with E-state index in [1.165, 1.54) is 0 Å². The van der Waals surface area contributed by atoms with Gasteiger partial charge in [0.05, 0.1) is 13.2 Å². The lowest BCUT2D eigenvalue weighted by atomic mass is 10.4. The van der Waals surface area contributed by atoms with Crippen molar-refractivity contribution >= 4 is 11.9 Å². The van der Waals surface area contributed by atoms with Crippen LogP contribution < -0.4 is 5.32 Å². The third-order valence-electron chi connectivity index (χ3n) is 1.37. The summed E-state index contributed by atoms with van der Waals surface area (Å²) in [5, 5.41) is 2.38. The highest BCUT2D eigenvalue weighted by atomic mass is 16.5. The Balaban J connectivity index is 3.63. The van der Waals surface area contributed by atoms with Crippen molar-refractivity contribution in [3.63, 3.8) is 0 Å². The number of carbonyl (C=O) groups is 2. The average Bonchev–Trinajstić information content (AvgIpc) is 2.13. The molecule has 0 aliphatic heterocycles. The molecule has 0 aliphatic carbocycles. The molecule has 5 heteroatoms. The average molecular weight is 189 g/mol. The fourth-order valence-electron chi connectivity index (χ4n) is 0.745. The third-order valence-corrected chi connectivity index (χ3v) is 1.37. The highest BCUT2D eigenvalue weighted by Crippen LogP contribution is 1.87. The van der Waals surface area contributed by atoms with E-state index in [-0.39, 0.29) is 6.10 Å². The van der Waals surface area contributed by atoms with E-state index in [4.69, 9.17) is 4.74 Å². The van der Waals surface area contributed by atoms with E-state index in [0.29, 0.717) is 13.2 Å². The van der Waals surface area contributed by atoms with Gasteiger partial charge < -0.3 is 14.8 Å². The fraction of sp³-hybridized carbons (Fsp3) is 0.750. The molecule has 13 heavy (non-hydrogen) atoms. The maximum atomic E-state index is 10.8. The lowest BCUT2D eigenvalue weighted by Gasteiger charge is -2.11. The Morgan fingerprint density at radius 2 is 2.08 bits per heavy atom. The summed E-state index contributed by atoms with van der Waals surface area (Å²) in [6.07, 6.45) is -0.0985. The number of rotatable bonds is 4. The van der Waals surface area contributed by atoms with Crippen LogP contribution in [0.4, 0.5) is 0 Å². The smallest absolute Gasteiger partial charge is 0.396 e. The largest absolute Gasteiger partial charge is 0.462 e.